The van der Waals surface area contributed by atoms with Gasteiger partial charge in [-0.15, -0.1) is 0 Å². The van der Waals surface area contributed by atoms with E-state index in [2.05, 4.69) is 13.8 Å². The van der Waals surface area contributed by atoms with Crippen molar-refractivity contribution in [2.45, 2.75) is 46.2 Å². The number of amides is 1. The summed E-state index contributed by atoms with van der Waals surface area (Å²) in [6.45, 7) is 8.04. The fraction of sp³-hybridized carbons (Fsp3) is 0.917. The molecule has 3 unspecified atom stereocenters. The fourth-order valence-electron chi connectivity index (χ4n) is 1.36. The molecular weight excluding hydrogens is 220 g/mol. The molecule has 0 aromatic carbocycles. The summed E-state index contributed by atoms with van der Waals surface area (Å²) in [4.78, 5) is 13.8. The minimum atomic E-state index is -0.0914. The van der Waals surface area contributed by atoms with Crippen LogP contribution in [0.15, 0.2) is 0 Å². The van der Waals surface area contributed by atoms with Gasteiger partial charge in [0.05, 0.1) is 5.92 Å². The van der Waals surface area contributed by atoms with Crippen LogP contribution in [-0.4, -0.2) is 41.4 Å². The lowest BCUT2D eigenvalue weighted by Crippen LogP contribution is -2.43. The number of rotatable bonds is 7. The Morgan fingerprint density at radius 1 is 1.38 bits per heavy atom. The van der Waals surface area contributed by atoms with Crippen LogP contribution < -0.4 is 5.73 Å². The molecule has 0 rings (SSSR count). The zero-order valence-electron chi connectivity index (χ0n) is 11.2. The monoisotopic (exact) mass is 246 g/mol. The van der Waals surface area contributed by atoms with Crippen LogP contribution >= 0.6 is 11.8 Å². The number of carbonyl (C=O) groups is 1. The molecule has 1 amide bonds. The summed E-state index contributed by atoms with van der Waals surface area (Å²) >= 11 is 1.92. The highest BCUT2D eigenvalue weighted by Crippen LogP contribution is 2.12. The maximum absolute atomic E-state index is 12.0. The molecule has 2 N–H and O–H groups in total. The first-order chi connectivity index (χ1) is 7.41. The van der Waals surface area contributed by atoms with Gasteiger partial charge in [-0.05, 0) is 31.8 Å². The lowest BCUT2D eigenvalue weighted by molar-refractivity contribution is -0.136. The summed E-state index contributed by atoms with van der Waals surface area (Å²) in [6, 6.07) is 0.222. The molecule has 0 fully saturated rings. The number of hydrogen-bond acceptors (Lipinski definition) is 3. The lowest BCUT2D eigenvalue weighted by Gasteiger charge is -2.29. The van der Waals surface area contributed by atoms with Gasteiger partial charge in [0.15, 0.2) is 0 Å². The van der Waals surface area contributed by atoms with Gasteiger partial charge in [-0.25, -0.2) is 0 Å². The first-order valence-corrected chi connectivity index (χ1v) is 7.17. The van der Waals surface area contributed by atoms with Crippen LogP contribution in [0.1, 0.15) is 34.1 Å². The summed E-state index contributed by atoms with van der Waals surface area (Å²) in [5.74, 6) is 2.32. The van der Waals surface area contributed by atoms with Crippen molar-refractivity contribution in [1.29, 1.82) is 0 Å². The third-order valence-corrected chi connectivity index (χ3v) is 4.00. The minimum absolute atomic E-state index is 0.0767. The van der Waals surface area contributed by atoms with Crippen molar-refractivity contribution in [2.75, 3.05) is 18.6 Å². The average molecular weight is 246 g/mol. The fourth-order valence-corrected chi connectivity index (χ4v) is 2.15. The van der Waals surface area contributed by atoms with Gasteiger partial charge in [-0.1, -0.05) is 13.8 Å². The molecule has 0 aliphatic rings. The van der Waals surface area contributed by atoms with E-state index in [9.17, 15) is 4.79 Å². The van der Waals surface area contributed by atoms with E-state index in [1.54, 1.807) is 0 Å². The van der Waals surface area contributed by atoms with E-state index in [0.717, 1.165) is 17.9 Å². The molecule has 0 spiro atoms. The van der Waals surface area contributed by atoms with Crippen molar-refractivity contribution >= 4 is 17.7 Å². The summed E-state index contributed by atoms with van der Waals surface area (Å²) in [6.07, 6.45) is 1.05. The van der Waals surface area contributed by atoms with E-state index in [-0.39, 0.29) is 17.9 Å². The van der Waals surface area contributed by atoms with Crippen LogP contribution in [0, 0.1) is 5.92 Å². The van der Waals surface area contributed by atoms with Crippen LogP contribution in [0.2, 0.25) is 0 Å². The molecule has 3 nitrogen and oxygen atoms in total. The molecular formula is C12H26N2OS. The first-order valence-electron chi connectivity index (χ1n) is 6.01. The van der Waals surface area contributed by atoms with Crippen LogP contribution in [0.4, 0.5) is 0 Å². The second-order valence-corrected chi connectivity index (χ2v) is 5.83. The van der Waals surface area contributed by atoms with Crippen molar-refractivity contribution in [3.05, 3.63) is 0 Å². The van der Waals surface area contributed by atoms with Gasteiger partial charge in [0.25, 0.3) is 0 Å². The highest BCUT2D eigenvalue weighted by Gasteiger charge is 2.23. The minimum Gasteiger partial charge on any atom is -0.343 e. The molecule has 96 valence electrons. The zero-order valence-corrected chi connectivity index (χ0v) is 12.0. The van der Waals surface area contributed by atoms with Crippen LogP contribution in [0.25, 0.3) is 0 Å². The Balaban J connectivity index is 4.10. The quantitative estimate of drug-likeness (QED) is 0.699. The Morgan fingerprint density at radius 2 is 1.94 bits per heavy atom. The van der Waals surface area contributed by atoms with E-state index in [1.807, 2.05) is 37.6 Å². The van der Waals surface area contributed by atoms with Crippen molar-refractivity contribution in [3.63, 3.8) is 0 Å². The third-order valence-electron chi connectivity index (χ3n) is 3.07. The largest absolute Gasteiger partial charge is 0.343 e. The van der Waals surface area contributed by atoms with Crippen molar-refractivity contribution in [1.82, 2.24) is 4.90 Å². The highest BCUT2D eigenvalue weighted by atomic mass is 32.2. The molecule has 4 heteroatoms. The van der Waals surface area contributed by atoms with E-state index in [1.165, 1.54) is 0 Å². The Kier molecular flexibility index (Phi) is 7.85. The van der Waals surface area contributed by atoms with Crippen molar-refractivity contribution < 1.29 is 4.79 Å². The van der Waals surface area contributed by atoms with E-state index < -0.39 is 0 Å². The van der Waals surface area contributed by atoms with Crippen LogP contribution in [0.5, 0.6) is 0 Å². The van der Waals surface area contributed by atoms with E-state index >= 15 is 0 Å². The standard InChI is InChI=1S/C12H26N2OS/c1-6-16-8-7-9(2)14(5)12(15)10(3)11(4)13/h9-11H,6-8,13H2,1-5H3. The van der Waals surface area contributed by atoms with Crippen LogP contribution in [0.3, 0.4) is 0 Å². The molecule has 0 saturated carbocycles. The van der Waals surface area contributed by atoms with E-state index in [4.69, 9.17) is 5.73 Å². The van der Waals surface area contributed by atoms with Gasteiger partial charge >= 0.3 is 0 Å². The molecule has 0 aromatic heterocycles. The first kappa shape index (κ1) is 15.8. The summed E-state index contributed by atoms with van der Waals surface area (Å²) in [7, 11) is 1.88. The van der Waals surface area contributed by atoms with Gasteiger partial charge < -0.3 is 10.6 Å². The Hall–Kier alpha value is -0.220. The van der Waals surface area contributed by atoms with Gasteiger partial charge in [0, 0.05) is 19.1 Å². The van der Waals surface area contributed by atoms with E-state index in [0.29, 0.717) is 6.04 Å². The molecule has 0 bridgehead atoms. The Labute approximate surface area is 104 Å². The van der Waals surface area contributed by atoms with Crippen molar-refractivity contribution in [2.24, 2.45) is 11.7 Å². The number of thioether (sulfide) groups is 1. The molecule has 0 aliphatic heterocycles. The molecule has 0 radical (unpaired) electrons. The van der Waals surface area contributed by atoms with Gasteiger partial charge in [0.2, 0.25) is 5.91 Å². The highest BCUT2D eigenvalue weighted by molar-refractivity contribution is 7.99. The molecule has 0 heterocycles. The second-order valence-electron chi connectivity index (χ2n) is 4.43. The van der Waals surface area contributed by atoms with Gasteiger partial charge in [0.1, 0.15) is 0 Å². The predicted molar refractivity (Wildman–Crippen MR) is 72.7 cm³/mol. The zero-order chi connectivity index (χ0) is 12.7. The predicted octanol–water partition coefficient (Wildman–Crippen LogP) is 1.96. The van der Waals surface area contributed by atoms with Crippen molar-refractivity contribution in [3.8, 4) is 0 Å². The smallest absolute Gasteiger partial charge is 0.226 e. The summed E-state index contributed by atoms with van der Waals surface area (Å²) < 4.78 is 0. The Morgan fingerprint density at radius 3 is 2.38 bits per heavy atom. The number of carbonyl (C=O) groups excluding carboxylic acids is 1. The average Bonchev–Trinajstić information content (AvgIpc) is 2.26. The SMILES string of the molecule is CCSCCC(C)N(C)C(=O)C(C)C(C)N. The summed E-state index contributed by atoms with van der Waals surface area (Å²) in [5, 5.41) is 0. The maximum atomic E-state index is 12.0. The van der Waals surface area contributed by atoms with Gasteiger partial charge in [-0.3, -0.25) is 4.79 Å². The normalized spacial score (nSPS) is 16.6. The third kappa shape index (κ3) is 5.21. The van der Waals surface area contributed by atoms with Gasteiger partial charge in [-0.2, -0.15) is 11.8 Å². The summed E-state index contributed by atoms with van der Waals surface area (Å²) in [5.41, 5.74) is 5.74. The molecule has 3 atom stereocenters. The lowest BCUT2D eigenvalue weighted by atomic mass is 10.0. The number of hydrogen-bond donors (Lipinski definition) is 1. The topological polar surface area (TPSA) is 46.3 Å². The molecule has 16 heavy (non-hydrogen) atoms. The van der Waals surface area contributed by atoms with Crippen LogP contribution in [-0.2, 0) is 4.79 Å². The number of nitrogens with two attached hydrogens (primary N) is 1. The molecule has 0 aliphatic carbocycles. The Bertz CT molecular complexity index is 209. The number of nitrogens with zero attached hydrogens (tertiary/aromatic N) is 1. The molecule has 0 saturated heterocycles. The molecule has 0 aromatic rings. The maximum Gasteiger partial charge on any atom is 0.226 e. The second kappa shape index (κ2) is 7.96.